The molecule has 42 heavy (non-hydrogen) atoms. The van der Waals surface area contributed by atoms with Crippen molar-refractivity contribution in [2.75, 3.05) is 20.3 Å². The van der Waals surface area contributed by atoms with E-state index >= 15 is 0 Å². The summed E-state index contributed by atoms with van der Waals surface area (Å²) in [6, 6.07) is 13.1. The highest BCUT2D eigenvalue weighted by Gasteiger charge is 2.34. The summed E-state index contributed by atoms with van der Waals surface area (Å²) in [7, 11) is 1.64. The Morgan fingerprint density at radius 1 is 1.17 bits per heavy atom. The van der Waals surface area contributed by atoms with E-state index in [-0.39, 0.29) is 18.3 Å². The van der Waals surface area contributed by atoms with Gasteiger partial charge >= 0.3 is 5.97 Å². The Kier molecular flexibility index (Phi) is 7.64. The van der Waals surface area contributed by atoms with Crippen LogP contribution in [0.5, 0.6) is 5.75 Å². The predicted molar refractivity (Wildman–Crippen MR) is 164 cm³/mol. The first kappa shape index (κ1) is 28.2. The molecule has 218 valence electrons. The van der Waals surface area contributed by atoms with Crippen LogP contribution in [0, 0.1) is 13.8 Å². The van der Waals surface area contributed by atoms with Gasteiger partial charge in [0.15, 0.2) is 4.80 Å². The number of hydrogen-bond donors (Lipinski definition) is 0. The monoisotopic (exact) mass is 585 g/mol. The number of fused-ring (bicyclic) bond motifs is 2. The highest BCUT2D eigenvalue weighted by atomic mass is 32.1. The summed E-state index contributed by atoms with van der Waals surface area (Å²) in [5.41, 5.74) is 4.73. The molecule has 6 rings (SSSR count). The second-order valence-corrected chi connectivity index (χ2v) is 11.8. The molecule has 4 heterocycles. The molecule has 0 saturated carbocycles. The van der Waals surface area contributed by atoms with E-state index in [4.69, 9.17) is 19.2 Å². The number of esters is 1. The fourth-order valence-corrected chi connectivity index (χ4v) is 7.22. The number of benzene rings is 2. The lowest BCUT2D eigenvalue weighted by Gasteiger charge is -2.26. The van der Waals surface area contributed by atoms with Gasteiger partial charge in [0.05, 0.1) is 41.7 Å². The summed E-state index contributed by atoms with van der Waals surface area (Å²) in [5.74, 6) is 0.245. The minimum Gasteiger partial charge on any atom is -0.496 e. The van der Waals surface area contributed by atoms with E-state index < -0.39 is 12.0 Å². The summed E-state index contributed by atoms with van der Waals surface area (Å²) in [4.78, 5) is 32.9. The third-order valence-electron chi connectivity index (χ3n) is 8.26. The molecule has 0 aliphatic carbocycles. The van der Waals surface area contributed by atoms with Crippen LogP contribution in [-0.4, -0.2) is 41.5 Å². The van der Waals surface area contributed by atoms with Gasteiger partial charge in [-0.05, 0) is 75.3 Å². The lowest BCUT2D eigenvalue weighted by molar-refractivity contribution is -0.139. The zero-order valence-corrected chi connectivity index (χ0v) is 25.4. The first-order valence-electron chi connectivity index (χ1n) is 14.4. The van der Waals surface area contributed by atoms with Crippen LogP contribution in [-0.2, 0) is 20.8 Å². The number of ether oxygens (including phenoxy) is 3. The molecule has 0 amide bonds. The van der Waals surface area contributed by atoms with Gasteiger partial charge in [-0.3, -0.25) is 9.36 Å². The Bertz CT molecular complexity index is 1910. The van der Waals surface area contributed by atoms with Crippen LogP contribution in [0.25, 0.3) is 16.8 Å². The van der Waals surface area contributed by atoms with E-state index in [9.17, 15) is 9.59 Å². The van der Waals surface area contributed by atoms with Crippen molar-refractivity contribution in [3.8, 4) is 5.75 Å². The number of rotatable bonds is 7. The Morgan fingerprint density at radius 2 is 1.95 bits per heavy atom. The van der Waals surface area contributed by atoms with Crippen LogP contribution in [0.2, 0.25) is 0 Å². The van der Waals surface area contributed by atoms with Gasteiger partial charge in [-0.1, -0.05) is 41.7 Å². The molecule has 4 aromatic rings. The van der Waals surface area contributed by atoms with Crippen molar-refractivity contribution in [2.24, 2.45) is 4.99 Å². The summed E-state index contributed by atoms with van der Waals surface area (Å²) in [5, 5.41) is 1.79. The first-order valence-corrected chi connectivity index (χ1v) is 15.2. The van der Waals surface area contributed by atoms with Crippen molar-refractivity contribution >= 4 is 34.2 Å². The maximum atomic E-state index is 14.2. The molecule has 8 nitrogen and oxygen atoms in total. The lowest BCUT2D eigenvalue weighted by atomic mass is 9.91. The molecular formula is C33H35N3O5S. The number of carbonyl (C=O) groups excluding carboxylic acids is 1. The van der Waals surface area contributed by atoms with Gasteiger partial charge in [0, 0.05) is 29.9 Å². The normalized spacial score (nSPS) is 18.8. The topological polar surface area (TPSA) is 84.0 Å². The number of allylic oxidation sites excluding steroid dienone is 1. The van der Waals surface area contributed by atoms with Crippen molar-refractivity contribution in [2.45, 2.75) is 59.2 Å². The van der Waals surface area contributed by atoms with Gasteiger partial charge in [-0.15, -0.1) is 0 Å². The number of methoxy groups -OCH3 is 1. The molecule has 1 fully saturated rings. The fraction of sp³-hybridized carbons (Fsp3) is 0.364. The maximum Gasteiger partial charge on any atom is 0.338 e. The molecular weight excluding hydrogens is 550 g/mol. The molecule has 0 N–H and O–H groups in total. The third-order valence-corrected chi connectivity index (χ3v) is 9.24. The quantitative estimate of drug-likeness (QED) is 0.297. The number of nitrogens with zero attached hydrogens (tertiary/aromatic N) is 3. The van der Waals surface area contributed by atoms with Gasteiger partial charge in [-0.25, -0.2) is 9.79 Å². The molecule has 0 bridgehead atoms. The fourth-order valence-electron chi connectivity index (χ4n) is 6.18. The Morgan fingerprint density at radius 3 is 2.67 bits per heavy atom. The van der Waals surface area contributed by atoms with Gasteiger partial charge in [0.1, 0.15) is 5.75 Å². The minimum absolute atomic E-state index is 0.193. The largest absolute Gasteiger partial charge is 0.496 e. The smallest absolute Gasteiger partial charge is 0.338 e. The number of aromatic nitrogens is 2. The van der Waals surface area contributed by atoms with E-state index in [1.54, 1.807) is 25.5 Å². The van der Waals surface area contributed by atoms with Crippen molar-refractivity contribution in [1.82, 2.24) is 9.13 Å². The summed E-state index contributed by atoms with van der Waals surface area (Å²) in [6.07, 6.45) is 4.32. The molecule has 2 atom stereocenters. The molecule has 2 aromatic heterocycles. The molecule has 2 aromatic carbocycles. The average molecular weight is 586 g/mol. The predicted octanol–water partition coefficient (Wildman–Crippen LogP) is 4.56. The average Bonchev–Trinajstić information content (AvgIpc) is 3.67. The van der Waals surface area contributed by atoms with Gasteiger partial charge in [0.2, 0.25) is 0 Å². The molecule has 1 saturated heterocycles. The van der Waals surface area contributed by atoms with Crippen molar-refractivity contribution in [3.05, 3.63) is 95.9 Å². The van der Waals surface area contributed by atoms with E-state index in [0.29, 0.717) is 20.6 Å². The van der Waals surface area contributed by atoms with Gasteiger partial charge in [-0.2, -0.15) is 0 Å². The van der Waals surface area contributed by atoms with Gasteiger partial charge < -0.3 is 18.8 Å². The zero-order valence-electron chi connectivity index (χ0n) is 24.6. The number of thiazole rings is 1. The molecule has 0 spiro atoms. The molecule has 0 unspecified atom stereocenters. The number of hydrogen-bond acceptors (Lipinski definition) is 7. The van der Waals surface area contributed by atoms with Crippen LogP contribution in [0.15, 0.2) is 63.5 Å². The Labute approximate surface area is 248 Å². The molecule has 9 heteroatoms. The third kappa shape index (κ3) is 4.80. The summed E-state index contributed by atoms with van der Waals surface area (Å²) >= 11 is 1.34. The Hall–Kier alpha value is -3.95. The maximum absolute atomic E-state index is 14.2. The van der Waals surface area contributed by atoms with E-state index in [1.807, 2.05) is 42.5 Å². The van der Waals surface area contributed by atoms with Crippen LogP contribution in [0.3, 0.4) is 0 Å². The minimum atomic E-state index is -0.704. The van der Waals surface area contributed by atoms with Gasteiger partial charge in [0.25, 0.3) is 5.56 Å². The lowest BCUT2D eigenvalue weighted by Crippen LogP contribution is -2.40. The molecule has 2 aliphatic heterocycles. The Balaban J connectivity index is 1.54. The number of aryl methyl sites for hydroxylation is 1. The van der Waals surface area contributed by atoms with Crippen molar-refractivity contribution in [1.29, 1.82) is 0 Å². The van der Waals surface area contributed by atoms with Crippen LogP contribution in [0.1, 0.15) is 55.2 Å². The van der Waals surface area contributed by atoms with Crippen LogP contribution >= 0.6 is 11.3 Å². The molecule has 2 aliphatic rings. The second kappa shape index (κ2) is 11.4. The van der Waals surface area contributed by atoms with Crippen molar-refractivity contribution < 1.29 is 19.0 Å². The molecule has 0 radical (unpaired) electrons. The van der Waals surface area contributed by atoms with E-state index in [2.05, 4.69) is 24.5 Å². The summed E-state index contributed by atoms with van der Waals surface area (Å²) < 4.78 is 21.5. The van der Waals surface area contributed by atoms with Crippen LogP contribution in [0.4, 0.5) is 0 Å². The van der Waals surface area contributed by atoms with Crippen molar-refractivity contribution in [3.63, 3.8) is 0 Å². The summed E-state index contributed by atoms with van der Waals surface area (Å²) in [6.45, 7) is 9.59. The van der Waals surface area contributed by atoms with Crippen LogP contribution < -0.4 is 19.6 Å². The second-order valence-electron chi connectivity index (χ2n) is 10.8. The SMILES string of the molecule is CCOC(=O)C1=C(C)N=c2s/c(=C\c3cc(C)n(C[C@H]4CCCO4)c3C)c(=O)n2[C@@H]1c1ccc(OC)c2ccccc12. The number of carbonyl (C=O) groups is 1. The van der Waals surface area contributed by atoms with E-state index in [1.165, 1.54) is 11.3 Å². The standard InChI is InChI=1S/C33H35N3O5S/c1-6-40-32(38)29-20(3)34-33-36(30(29)26-13-14-27(39-5)25-12-8-7-11-24(25)26)31(37)28(42-33)17-22-16-19(2)35(21(22)4)18-23-10-9-15-41-23/h7-8,11-14,16-17,23,30H,6,9-10,15,18H2,1-5H3/b28-17-/t23-,30-/m1/s1. The highest BCUT2D eigenvalue weighted by molar-refractivity contribution is 7.07. The highest BCUT2D eigenvalue weighted by Crippen LogP contribution is 2.38. The first-order chi connectivity index (χ1) is 20.3. The zero-order chi connectivity index (χ0) is 29.5. The van der Waals surface area contributed by atoms with E-state index in [0.717, 1.165) is 65.0 Å².